The molecule has 0 radical (unpaired) electrons. The number of hydrogen-bond donors (Lipinski definition) is 0. The third kappa shape index (κ3) is 2.38. The quantitative estimate of drug-likeness (QED) is 0.795. The molecule has 0 N–H and O–H groups in total. The predicted octanol–water partition coefficient (Wildman–Crippen LogP) is 3.11. The summed E-state index contributed by atoms with van der Waals surface area (Å²) in [6.07, 6.45) is 0. The van der Waals surface area contributed by atoms with E-state index in [1.807, 2.05) is 19.1 Å². The summed E-state index contributed by atoms with van der Waals surface area (Å²) in [5.41, 5.74) is 1.97. The molecule has 2 aromatic carbocycles. The van der Waals surface area contributed by atoms with Crippen LogP contribution in [0.5, 0.6) is 0 Å². The number of halogens is 1. The predicted molar refractivity (Wildman–Crippen MR) is 77.8 cm³/mol. The average molecular weight is 284 g/mol. The number of amides is 3. The zero-order valence-corrected chi connectivity index (χ0v) is 11.4. The molecule has 0 aliphatic carbocycles. The maximum Gasteiger partial charge on any atom is 0.336 e. The van der Waals surface area contributed by atoms with Crippen molar-refractivity contribution in [3.05, 3.63) is 59.9 Å². The van der Waals surface area contributed by atoms with Crippen molar-refractivity contribution in [3.63, 3.8) is 0 Å². The number of carbonyl (C=O) groups is 2. The Morgan fingerprint density at radius 2 is 1.71 bits per heavy atom. The highest BCUT2D eigenvalue weighted by Crippen LogP contribution is 2.26. The first-order chi connectivity index (χ1) is 10.1. The fourth-order valence-corrected chi connectivity index (χ4v) is 2.30. The van der Waals surface area contributed by atoms with Crippen molar-refractivity contribution >= 4 is 23.3 Å². The summed E-state index contributed by atoms with van der Waals surface area (Å²) in [6, 6.07) is 12.3. The van der Waals surface area contributed by atoms with Crippen LogP contribution in [0.4, 0.5) is 20.6 Å². The van der Waals surface area contributed by atoms with Gasteiger partial charge in [-0.2, -0.15) is 0 Å². The second kappa shape index (κ2) is 5.01. The van der Waals surface area contributed by atoms with Crippen LogP contribution >= 0.6 is 0 Å². The molecular formula is C16H13FN2O2. The summed E-state index contributed by atoms with van der Waals surface area (Å²) in [6.45, 7) is 1.90. The van der Waals surface area contributed by atoms with E-state index in [-0.39, 0.29) is 18.1 Å². The van der Waals surface area contributed by atoms with Crippen LogP contribution in [-0.2, 0) is 4.79 Å². The average Bonchev–Trinajstić information content (AvgIpc) is 2.75. The molecular weight excluding hydrogens is 271 g/mol. The van der Waals surface area contributed by atoms with Gasteiger partial charge in [-0.05, 0) is 37.3 Å². The Hall–Kier alpha value is -2.69. The Balaban J connectivity index is 1.94. The molecule has 21 heavy (non-hydrogen) atoms. The lowest BCUT2D eigenvalue weighted by molar-refractivity contribution is -0.115. The first kappa shape index (κ1) is 13.3. The van der Waals surface area contributed by atoms with Gasteiger partial charge >= 0.3 is 6.03 Å². The van der Waals surface area contributed by atoms with Crippen molar-refractivity contribution in [2.75, 3.05) is 16.3 Å². The lowest BCUT2D eigenvalue weighted by Crippen LogP contribution is -2.33. The Labute approximate surface area is 121 Å². The normalized spacial score (nSPS) is 15.0. The minimum absolute atomic E-state index is 0.0432. The van der Waals surface area contributed by atoms with Crippen LogP contribution in [0, 0.1) is 12.7 Å². The number of rotatable bonds is 2. The van der Waals surface area contributed by atoms with Gasteiger partial charge in [0.15, 0.2) is 0 Å². The third-order valence-electron chi connectivity index (χ3n) is 3.38. The standard InChI is InChI=1S/C16H13FN2O2/c1-11-5-7-13(8-6-11)18-10-15(20)19(16(18)21)14-4-2-3-12(17)9-14/h2-9H,10H2,1H3. The van der Waals surface area contributed by atoms with Gasteiger partial charge in [0.1, 0.15) is 12.4 Å². The summed E-state index contributed by atoms with van der Waals surface area (Å²) in [4.78, 5) is 26.9. The second-order valence-corrected chi connectivity index (χ2v) is 4.91. The number of anilines is 2. The van der Waals surface area contributed by atoms with Gasteiger partial charge in [-0.3, -0.25) is 9.69 Å². The molecule has 0 saturated carbocycles. The molecule has 1 aliphatic rings. The Morgan fingerprint density at radius 3 is 2.38 bits per heavy atom. The molecule has 0 unspecified atom stereocenters. The van der Waals surface area contributed by atoms with E-state index >= 15 is 0 Å². The van der Waals surface area contributed by atoms with E-state index in [0.717, 1.165) is 10.5 Å². The van der Waals surface area contributed by atoms with Gasteiger partial charge in [0.25, 0.3) is 5.91 Å². The van der Waals surface area contributed by atoms with Gasteiger partial charge in [-0.25, -0.2) is 14.1 Å². The fraction of sp³-hybridized carbons (Fsp3) is 0.125. The first-order valence-corrected chi connectivity index (χ1v) is 6.53. The summed E-state index contributed by atoms with van der Waals surface area (Å²) in [5.74, 6) is -0.854. The van der Waals surface area contributed by atoms with E-state index in [1.165, 1.54) is 29.2 Å². The van der Waals surface area contributed by atoms with Crippen LogP contribution in [0.1, 0.15) is 5.56 Å². The minimum atomic E-state index is -0.484. The molecule has 1 fully saturated rings. The van der Waals surface area contributed by atoms with E-state index in [4.69, 9.17) is 0 Å². The van der Waals surface area contributed by atoms with Crippen LogP contribution in [0.3, 0.4) is 0 Å². The molecule has 1 aliphatic heterocycles. The molecule has 5 heteroatoms. The lowest BCUT2D eigenvalue weighted by Gasteiger charge is -2.17. The van der Waals surface area contributed by atoms with E-state index in [9.17, 15) is 14.0 Å². The van der Waals surface area contributed by atoms with Gasteiger partial charge in [0.2, 0.25) is 0 Å². The van der Waals surface area contributed by atoms with E-state index < -0.39 is 11.8 Å². The number of carbonyl (C=O) groups excluding carboxylic acids is 2. The molecule has 3 rings (SSSR count). The third-order valence-corrected chi connectivity index (χ3v) is 3.38. The van der Waals surface area contributed by atoms with E-state index in [0.29, 0.717) is 5.69 Å². The van der Waals surface area contributed by atoms with Gasteiger partial charge < -0.3 is 0 Å². The van der Waals surface area contributed by atoms with E-state index in [2.05, 4.69) is 0 Å². The number of hydrogen-bond acceptors (Lipinski definition) is 2. The molecule has 0 aromatic heterocycles. The Bertz CT molecular complexity index is 712. The van der Waals surface area contributed by atoms with Crippen LogP contribution < -0.4 is 9.80 Å². The Morgan fingerprint density at radius 1 is 1.00 bits per heavy atom. The zero-order chi connectivity index (χ0) is 15.0. The first-order valence-electron chi connectivity index (χ1n) is 6.53. The van der Waals surface area contributed by atoms with Crippen molar-refractivity contribution in [3.8, 4) is 0 Å². The lowest BCUT2D eigenvalue weighted by atomic mass is 10.2. The molecule has 3 amide bonds. The molecule has 0 atom stereocenters. The molecule has 1 saturated heterocycles. The highest BCUT2D eigenvalue weighted by molar-refractivity contribution is 6.26. The second-order valence-electron chi connectivity index (χ2n) is 4.91. The molecule has 0 spiro atoms. The van der Waals surface area contributed by atoms with Gasteiger partial charge in [-0.1, -0.05) is 23.8 Å². The number of urea groups is 1. The monoisotopic (exact) mass is 284 g/mol. The molecule has 1 heterocycles. The maximum absolute atomic E-state index is 13.3. The van der Waals surface area contributed by atoms with Gasteiger partial charge in [0.05, 0.1) is 5.69 Å². The number of benzene rings is 2. The van der Waals surface area contributed by atoms with Crippen molar-refractivity contribution in [2.45, 2.75) is 6.92 Å². The topological polar surface area (TPSA) is 40.6 Å². The molecule has 106 valence electrons. The summed E-state index contributed by atoms with van der Waals surface area (Å²) in [7, 11) is 0. The Kier molecular flexibility index (Phi) is 3.17. The van der Waals surface area contributed by atoms with Crippen LogP contribution in [0.15, 0.2) is 48.5 Å². The van der Waals surface area contributed by atoms with Crippen LogP contribution in [0.2, 0.25) is 0 Å². The zero-order valence-electron chi connectivity index (χ0n) is 11.4. The minimum Gasteiger partial charge on any atom is -0.284 e. The SMILES string of the molecule is Cc1ccc(N2CC(=O)N(c3cccc(F)c3)C2=O)cc1. The summed E-state index contributed by atoms with van der Waals surface area (Å²) < 4.78 is 13.3. The molecule has 4 nitrogen and oxygen atoms in total. The highest BCUT2D eigenvalue weighted by Gasteiger charge is 2.38. The van der Waals surface area contributed by atoms with Crippen molar-refractivity contribution in [1.82, 2.24) is 0 Å². The van der Waals surface area contributed by atoms with Crippen molar-refractivity contribution < 1.29 is 14.0 Å². The van der Waals surface area contributed by atoms with Gasteiger partial charge in [-0.15, -0.1) is 0 Å². The molecule has 2 aromatic rings. The van der Waals surface area contributed by atoms with Crippen LogP contribution in [0.25, 0.3) is 0 Å². The summed E-state index contributed by atoms with van der Waals surface area (Å²) in [5, 5.41) is 0. The summed E-state index contributed by atoms with van der Waals surface area (Å²) >= 11 is 0. The number of aryl methyl sites for hydroxylation is 1. The number of imide groups is 1. The molecule has 0 bridgehead atoms. The largest absolute Gasteiger partial charge is 0.336 e. The van der Waals surface area contributed by atoms with Crippen LogP contribution in [-0.4, -0.2) is 18.5 Å². The maximum atomic E-state index is 13.3. The number of nitrogens with zero attached hydrogens (tertiary/aromatic N) is 2. The highest BCUT2D eigenvalue weighted by atomic mass is 19.1. The van der Waals surface area contributed by atoms with E-state index in [1.54, 1.807) is 12.1 Å². The van der Waals surface area contributed by atoms with Gasteiger partial charge in [0, 0.05) is 5.69 Å². The smallest absolute Gasteiger partial charge is 0.284 e. The fourth-order valence-electron chi connectivity index (χ4n) is 2.30. The van der Waals surface area contributed by atoms with Crippen molar-refractivity contribution in [2.24, 2.45) is 0 Å². The van der Waals surface area contributed by atoms with Crippen molar-refractivity contribution in [1.29, 1.82) is 0 Å².